The maximum Gasteiger partial charge on any atom is 0.236 e. The molecule has 0 aromatic heterocycles. The second kappa shape index (κ2) is 7.11. The maximum absolute atomic E-state index is 13.1. The number of rotatable bonds is 3. The normalized spacial score (nSPS) is 24.3. The molecule has 1 heterocycles. The van der Waals surface area contributed by atoms with E-state index in [1.54, 1.807) is 0 Å². The summed E-state index contributed by atoms with van der Waals surface area (Å²) < 4.78 is 5.36. The van der Waals surface area contributed by atoms with Crippen molar-refractivity contribution in [1.29, 1.82) is 0 Å². The molecule has 2 rings (SSSR count). The van der Waals surface area contributed by atoms with Crippen molar-refractivity contribution < 1.29 is 14.7 Å². The molecule has 2 aliphatic rings. The summed E-state index contributed by atoms with van der Waals surface area (Å²) in [7, 11) is 1.84. The van der Waals surface area contributed by atoms with Crippen LogP contribution >= 0.6 is 0 Å². The molecule has 120 valence electrons. The summed E-state index contributed by atoms with van der Waals surface area (Å²) in [5.74, 6) is 0.0832. The summed E-state index contributed by atoms with van der Waals surface area (Å²) in [6.07, 6.45) is 7.17. The molecule has 0 aromatic rings. The molecule has 0 aromatic carbocycles. The van der Waals surface area contributed by atoms with Gasteiger partial charge < -0.3 is 20.6 Å². The third kappa shape index (κ3) is 3.31. The molecule has 1 aliphatic carbocycles. The number of ether oxygens (including phenoxy) is 1. The van der Waals surface area contributed by atoms with Gasteiger partial charge in [-0.2, -0.15) is 0 Å². The summed E-state index contributed by atoms with van der Waals surface area (Å²) >= 11 is 0. The molecule has 0 atom stereocenters. The fourth-order valence-electron chi connectivity index (χ4n) is 3.58. The topological polar surface area (TPSA) is 88.2 Å². The van der Waals surface area contributed by atoms with Gasteiger partial charge in [0, 0.05) is 26.3 Å². The van der Waals surface area contributed by atoms with Crippen LogP contribution in [-0.4, -0.2) is 48.2 Å². The van der Waals surface area contributed by atoms with E-state index in [2.05, 4.69) is 5.16 Å². The van der Waals surface area contributed by atoms with E-state index in [0.29, 0.717) is 26.1 Å². The average Bonchev–Trinajstić information content (AvgIpc) is 2.80. The highest BCUT2D eigenvalue weighted by molar-refractivity contribution is 6.06. The molecule has 2 fully saturated rings. The van der Waals surface area contributed by atoms with Crippen LogP contribution in [0.1, 0.15) is 51.4 Å². The zero-order chi connectivity index (χ0) is 15.3. The fourth-order valence-corrected chi connectivity index (χ4v) is 3.58. The Morgan fingerprint density at radius 1 is 1.24 bits per heavy atom. The number of carbonyl (C=O) groups excluding carboxylic acids is 1. The van der Waals surface area contributed by atoms with E-state index in [1.807, 2.05) is 11.9 Å². The van der Waals surface area contributed by atoms with Crippen LogP contribution in [0.15, 0.2) is 5.16 Å². The second-order valence-corrected chi connectivity index (χ2v) is 6.24. The van der Waals surface area contributed by atoms with Crippen LogP contribution in [0.25, 0.3) is 0 Å². The van der Waals surface area contributed by atoms with Crippen molar-refractivity contribution in [3.05, 3.63) is 0 Å². The second-order valence-electron chi connectivity index (χ2n) is 6.24. The molecule has 0 spiro atoms. The molecule has 0 bridgehead atoms. The zero-order valence-electron chi connectivity index (χ0n) is 12.9. The Balaban J connectivity index is 2.20. The molecule has 1 saturated carbocycles. The van der Waals surface area contributed by atoms with Crippen LogP contribution in [0.3, 0.4) is 0 Å². The number of oxime groups is 1. The summed E-state index contributed by atoms with van der Waals surface area (Å²) in [6, 6.07) is 0.192. The molecular formula is C15H27N3O3. The zero-order valence-corrected chi connectivity index (χ0v) is 12.9. The number of nitrogens with two attached hydrogens (primary N) is 1. The first kappa shape index (κ1) is 16.1. The number of hydrogen-bond acceptors (Lipinski definition) is 4. The van der Waals surface area contributed by atoms with Crippen LogP contribution in [0, 0.1) is 5.41 Å². The Bertz CT molecular complexity index is 384. The lowest BCUT2D eigenvalue weighted by Gasteiger charge is -2.39. The number of hydrogen-bond donors (Lipinski definition) is 2. The molecule has 6 heteroatoms. The van der Waals surface area contributed by atoms with Crippen LogP contribution in [0.2, 0.25) is 0 Å². The van der Waals surface area contributed by atoms with Gasteiger partial charge in [-0.1, -0.05) is 30.8 Å². The first-order valence-electron chi connectivity index (χ1n) is 7.95. The molecule has 6 nitrogen and oxygen atoms in total. The predicted molar refractivity (Wildman–Crippen MR) is 80.2 cm³/mol. The van der Waals surface area contributed by atoms with Crippen molar-refractivity contribution in [3.63, 3.8) is 0 Å². The average molecular weight is 297 g/mol. The molecule has 21 heavy (non-hydrogen) atoms. The molecule has 3 N–H and O–H groups in total. The van der Waals surface area contributed by atoms with Crippen LogP contribution in [0.4, 0.5) is 0 Å². The Hall–Kier alpha value is -1.30. The summed E-state index contributed by atoms with van der Waals surface area (Å²) in [6.45, 7) is 1.39. The molecule has 1 aliphatic heterocycles. The quantitative estimate of drug-likeness (QED) is 0.273. The first-order valence-corrected chi connectivity index (χ1v) is 7.95. The summed E-state index contributed by atoms with van der Waals surface area (Å²) in [5, 5.41) is 12.4. The van der Waals surface area contributed by atoms with E-state index in [0.717, 1.165) is 38.5 Å². The molecular weight excluding hydrogens is 270 g/mol. The van der Waals surface area contributed by atoms with E-state index < -0.39 is 5.41 Å². The van der Waals surface area contributed by atoms with Crippen molar-refractivity contribution in [2.45, 2.75) is 57.4 Å². The summed E-state index contributed by atoms with van der Waals surface area (Å²) in [4.78, 5) is 14.9. The van der Waals surface area contributed by atoms with Crippen LogP contribution < -0.4 is 5.73 Å². The Morgan fingerprint density at radius 3 is 2.33 bits per heavy atom. The van der Waals surface area contributed by atoms with Gasteiger partial charge in [0.05, 0.1) is 0 Å². The van der Waals surface area contributed by atoms with Gasteiger partial charge in [-0.15, -0.1) is 0 Å². The van der Waals surface area contributed by atoms with E-state index >= 15 is 0 Å². The van der Waals surface area contributed by atoms with Gasteiger partial charge in [-0.3, -0.25) is 4.79 Å². The fraction of sp³-hybridized carbons (Fsp3) is 0.867. The lowest BCUT2D eigenvalue weighted by molar-refractivity contribution is -0.141. The largest absolute Gasteiger partial charge is 0.409 e. The minimum absolute atomic E-state index is 0.00611. The Morgan fingerprint density at radius 2 is 1.81 bits per heavy atom. The highest BCUT2D eigenvalue weighted by atomic mass is 16.5. The van der Waals surface area contributed by atoms with Crippen molar-refractivity contribution >= 4 is 11.7 Å². The third-order valence-corrected chi connectivity index (χ3v) is 5.02. The minimum atomic E-state index is -0.821. The van der Waals surface area contributed by atoms with Crippen LogP contribution in [-0.2, 0) is 9.53 Å². The van der Waals surface area contributed by atoms with E-state index in [1.165, 1.54) is 0 Å². The van der Waals surface area contributed by atoms with Gasteiger partial charge in [0.15, 0.2) is 5.84 Å². The molecule has 0 unspecified atom stereocenters. The lowest BCUT2D eigenvalue weighted by atomic mass is 9.77. The third-order valence-electron chi connectivity index (χ3n) is 5.02. The van der Waals surface area contributed by atoms with Gasteiger partial charge >= 0.3 is 0 Å². The van der Waals surface area contributed by atoms with Crippen molar-refractivity contribution in [2.24, 2.45) is 16.3 Å². The van der Waals surface area contributed by atoms with Gasteiger partial charge in [0.1, 0.15) is 5.41 Å². The van der Waals surface area contributed by atoms with Gasteiger partial charge in [0.2, 0.25) is 5.91 Å². The Kier molecular flexibility index (Phi) is 5.45. The van der Waals surface area contributed by atoms with E-state index in [9.17, 15) is 4.79 Å². The van der Waals surface area contributed by atoms with Crippen molar-refractivity contribution in [3.8, 4) is 0 Å². The van der Waals surface area contributed by atoms with Crippen molar-refractivity contribution in [2.75, 3.05) is 20.3 Å². The number of amides is 1. The van der Waals surface area contributed by atoms with E-state index in [-0.39, 0.29) is 17.8 Å². The van der Waals surface area contributed by atoms with Crippen molar-refractivity contribution in [1.82, 2.24) is 4.90 Å². The SMILES string of the molecule is CN(C(=O)C1(C(N)=NO)CCCCCC1)C1CCOCC1. The van der Waals surface area contributed by atoms with Gasteiger partial charge in [0.25, 0.3) is 0 Å². The van der Waals surface area contributed by atoms with Crippen LogP contribution in [0.5, 0.6) is 0 Å². The van der Waals surface area contributed by atoms with E-state index in [4.69, 9.17) is 15.7 Å². The maximum atomic E-state index is 13.1. The molecule has 1 amide bonds. The standard InChI is InChI=1S/C15H27N3O3/c1-18(12-6-10-21-11-7-12)14(19)15(13(16)17-20)8-4-2-3-5-9-15/h12,20H,2-11H2,1H3,(H2,16,17). The predicted octanol–water partition coefficient (Wildman–Crippen LogP) is 1.71. The first-order chi connectivity index (χ1) is 10.1. The minimum Gasteiger partial charge on any atom is -0.409 e. The lowest BCUT2D eigenvalue weighted by Crippen LogP contribution is -2.53. The summed E-state index contributed by atoms with van der Waals surface area (Å²) in [5.41, 5.74) is 5.13. The smallest absolute Gasteiger partial charge is 0.236 e. The molecule has 1 saturated heterocycles. The highest BCUT2D eigenvalue weighted by Gasteiger charge is 2.45. The number of amidine groups is 1. The number of nitrogens with zero attached hydrogens (tertiary/aromatic N) is 2. The molecule has 0 radical (unpaired) electrons. The van der Waals surface area contributed by atoms with Gasteiger partial charge in [-0.05, 0) is 25.7 Å². The highest BCUT2D eigenvalue weighted by Crippen LogP contribution is 2.38. The Labute approximate surface area is 126 Å². The monoisotopic (exact) mass is 297 g/mol. The number of carbonyl (C=O) groups is 1. The van der Waals surface area contributed by atoms with Gasteiger partial charge in [-0.25, -0.2) is 0 Å².